The average molecular weight is 676 g/mol. The molecule has 2 aliphatic rings. The Morgan fingerprint density at radius 3 is 2.51 bits per heavy atom. The Bertz CT molecular complexity index is 2060. The molecule has 0 aliphatic carbocycles. The molecule has 1 aromatic heterocycles. The minimum Gasteiger partial charge on any atom is -0.454 e. The molecule has 49 heavy (non-hydrogen) atoms. The number of hydrogen-bond donors (Lipinski definition) is 2. The zero-order valence-corrected chi connectivity index (χ0v) is 27.5. The van der Waals surface area contributed by atoms with Gasteiger partial charge in [0.25, 0.3) is 11.8 Å². The number of halogens is 1. The number of carbonyl (C=O) groups is 2. The van der Waals surface area contributed by atoms with Crippen LogP contribution in [0.3, 0.4) is 0 Å². The van der Waals surface area contributed by atoms with Crippen LogP contribution < -0.4 is 14.5 Å². The first-order chi connectivity index (χ1) is 23.8. The number of nitrogens with zero attached hydrogens (tertiary/aromatic N) is 5. The third kappa shape index (κ3) is 5.99. The van der Waals surface area contributed by atoms with E-state index in [2.05, 4.69) is 10.3 Å². The van der Waals surface area contributed by atoms with Crippen molar-refractivity contribution < 1.29 is 24.5 Å². The number of aliphatic hydroxyl groups is 2. The molecule has 3 heterocycles. The molecule has 0 bridgehead atoms. The first-order valence-electron chi connectivity index (χ1n) is 16.1. The molecular weight excluding hydrogens is 642 g/mol. The van der Waals surface area contributed by atoms with Crippen LogP contribution in [0.5, 0.6) is 11.5 Å². The van der Waals surface area contributed by atoms with E-state index in [0.29, 0.717) is 64.1 Å². The van der Waals surface area contributed by atoms with Gasteiger partial charge in [-0.05, 0) is 66.6 Å². The minimum absolute atomic E-state index is 0.0104. The van der Waals surface area contributed by atoms with Gasteiger partial charge in [-0.1, -0.05) is 72.3 Å². The van der Waals surface area contributed by atoms with Gasteiger partial charge >= 0.3 is 0 Å². The molecular formula is C38H34ClN5O5. The smallest absolute Gasteiger partial charge is 0.266 e. The van der Waals surface area contributed by atoms with Crippen LogP contribution in [0.15, 0.2) is 109 Å². The van der Waals surface area contributed by atoms with E-state index in [1.165, 1.54) is 0 Å². The first kappa shape index (κ1) is 32.3. The van der Waals surface area contributed by atoms with Crippen molar-refractivity contribution in [1.29, 1.82) is 0 Å². The minimum atomic E-state index is -1.83. The van der Waals surface area contributed by atoms with E-state index < -0.39 is 17.4 Å². The highest BCUT2D eigenvalue weighted by molar-refractivity contribution is 6.31. The lowest BCUT2D eigenvalue weighted by Crippen LogP contribution is -2.44. The van der Waals surface area contributed by atoms with E-state index in [0.717, 1.165) is 11.3 Å². The van der Waals surface area contributed by atoms with Crippen molar-refractivity contribution in [2.45, 2.75) is 38.5 Å². The fourth-order valence-electron chi connectivity index (χ4n) is 6.40. The SMILES string of the molecule is C[C@H](/C=C/CCn1cc(CCO)nn1)[C@@]1(O)C(=O)N(Cc2ccc(N3C(=O)c4ccccc4Oc4ccccc43)cc2)c2ccc(Cl)cc21. The number of rotatable bonds is 10. The highest BCUT2D eigenvalue weighted by atomic mass is 35.5. The molecule has 2 amide bonds. The number of amides is 2. The zero-order valence-electron chi connectivity index (χ0n) is 26.7. The normalized spacial score (nSPS) is 17.5. The van der Waals surface area contributed by atoms with Crippen molar-refractivity contribution >= 4 is 40.5 Å². The Morgan fingerprint density at radius 2 is 1.71 bits per heavy atom. The molecule has 10 nitrogen and oxygen atoms in total. The van der Waals surface area contributed by atoms with Gasteiger partial charge in [0.15, 0.2) is 11.4 Å². The standard InChI is InChI=1S/C38H34ClN5O5/c1-25(8-6-7-20-42-24-28(19-21-45)40-41-42)38(48)31-22-27(39)15-18-32(31)43(37(38)47)23-26-13-16-29(17-14-26)44-33-10-3-5-12-35(33)49-34-11-4-2-9-30(34)36(44)46/h2-6,8-18,22,24-25,45,48H,7,19-21,23H2,1H3/b8-6+/t25-,38+/m1/s1. The Hall–Kier alpha value is -5.29. The van der Waals surface area contributed by atoms with Crippen molar-refractivity contribution in [2.75, 3.05) is 16.4 Å². The number of allylic oxidation sites excluding steroid dienone is 1. The summed E-state index contributed by atoms with van der Waals surface area (Å²) in [7, 11) is 0. The van der Waals surface area contributed by atoms with Gasteiger partial charge in [0.05, 0.1) is 29.2 Å². The second-order valence-corrected chi connectivity index (χ2v) is 12.6. The maximum atomic E-state index is 14.1. The van der Waals surface area contributed by atoms with E-state index in [1.54, 1.807) is 51.0 Å². The van der Waals surface area contributed by atoms with E-state index in [4.69, 9.17) is 21.4 Å². The van der Waals surface area contributed by atoms with Crippen LogP contribution in [0.1, 0.15) is 40.5 Å². The number of para-hydroxylation sites is 3. The van der Waals surface area contributed by atoms with Crippen molar-refractivity contribution in [1.82, 2.24) is 15.0 Å². The zero-order chi connectivity index (χ0) is 34.1. The van der Waals surface area contributed by atoms with Crippen LogP contribution >= 0.6 is 11.6 Å². The van der Waals surface area contributed by atoms with Gasteiger partial charge in [0.2, 0.25) is 0 Å². The number of hydrogen-bond acceptors (Lipinski definition) is 7. The summed E-state index contributed by atoms with van der Waals surface area (Å²) >= 11 is 6.38. The number of carbonyl (C=O) groups excluding carboxylic acids is 2. The summed E-state index contributed by atoms with van der Waals surface area (Å²) < 4.78 is 7.83. The Morgan fingerprint density at radius 1 is 0.959 bits per heavy atom. The summed E-state index contributed by atoms with van der Waals surface area (Å²) in [5, 5.41) is 29.7. The van der Waals surface area contributed by atoms with Crippen molar-refractivity contribution in [3.8, 4) is 11.5 Å². The van der Waals surface area contributed by atoms with Crippen molar-refractivity contribution in [3.63, 3.8) is 0 Å². The largest absolute Gasteiger partial charge is 0.454 e. The van der Waals surface area contributed by atoms with Gasteiger partial charge in [-0.25, -0.2) is 0 Å². The van der Waals surface area contributed by atoms with Gasteiger partial charge in [-0.3, -0.25) is 19.2 Å². The molecule has 0 radical (unpaired) electrons. The first-order valence-corrected chi connectivity index (χ1v) is 16.5. The Kier molecular flexibility index (Phi) is 8.77. The van der Waals surface area contributed by atoms with Gasteiger partial charge < -0.3 is 19.8 Å². The number of aromatic nitrogens is 3. The molecule has 0 unspecified atom stereocenters. The summed E-state index contributed by atoms with van der Waals surface area (Å²) in [6.45, 7) is 2.58. The maximum Gasteiger partial charge on any atom is 0.266 e. The third-order valence-corrected chi connectivity index (χ3v) is 9.21. The maximum absolute atomic E-state index is 14.1. The van der Waals surface area contributed by atoms with Crippen LogP contribution in [0.2, 0.25) is 5.02 Å². The number of fused-ring (bicyclic) bond motifs is 3. The molecule has 0 saturated heterocycles. The van der Waals surface area contributed by atoms with Crippen molar-refractivity contribution in [3.05, 3.63) is 137 Å². The third-order valence-electron chi connectivity index (χ3n) is 8.98. The van der Waals surface area contributed by atoms with E-state index in [-0.39, 0.29) is 19.1 Å². The summed E-state index contributed by atoms with van der Waals surface area (Å²) in [4.78, 5) is 31.1. The summed E-state index contributed by atoms with van der Waals surface area (Å²) in [6.07, 6.45) is 6.60. The van der Waals surface area contributed by atoms with Gasteiger partial charge in [-0.2, -0.15) is 0 Å². The molecule has 0 saturated carbocycles. The number of aliphatic hydroxyl groups excluding tert-OH is 1. The number of ether oxygens (including phenoxy) is 1. The van der Waals surface area contributed by atoms with Crippen LogP contribution in [0.4, 0.5) is 17.1 Å². The second kappa shape index (κ2) is 13.3. The highest BCUT2D eigenvalue weighted by Gasteiger charge is 2.52. The number of anilines is 3. The number of benzene rings is 4. The summed E-state index contributed by atoms with van der Waals surface area (Å²) in [5.41, 5.74) is 2.46. The van der Waals surface area contributed by atoms with Crippen LogP contribution in [0.25, 0.3) is 0 Å². The summed E-state index contributed by atoms with van der Waals surface area (Å²) in [6, 6.07) is 27.1. The van der Waals surface area contributed by atoms with E-state index >= 15 is 0 Å². The molecule has 0 fully saturated rings. The quantitative estimate of drug-likeness (QED) is 0.161. The topological polar surface area (TPSA) is 121 Å². The van der Waals surface area contributed by atoms with Crippen LogP contribution in [-0.2, 0) is 29.9 Å². The molecule has 0 spiro atoms. The lowest BCUT2D eigenvalue weighted by atomic mass is 9.83. The van der Waals surface area contributed by atoms with E-state index in [9.17, 15) is 14.7 Å². The van der Waals surface area contributed by atoms with Crippen LogP contribution in [0, 0.1) is 5.92 Å². The fraction of sp³-hybridized carbons (Fsp3) is 0.211. The van der Waals surface area contributed by atoms with Crippen LogP contribution in [-0.4, -0.2) is 43.6 Å². The molecule has 248 valence electrons. The lowest BCUT2D eigenvalue weighted by Gasteiger charge is -2.28. The molecule has 7 rings (SSSR count). The number of aryl methyl sites for hydroxylation is 1. The molecule has 2 N–H and O–H groups in total. The highest BCUT2D eigenvalue weighted by Crippen LogP contribution is 2.47. The monoisotopic (exact) mass is 675 g/mol. The molecule has 4 aromatic carbocycles. The molecule has 5 aromatic rings. The van der Waals surface area contributed by atoms with Crippen molar-refractivity contribution in [2.24, 2.45) is 5.92 Å². The summed E-state index contributed by atoms with van der Waals surface area (Å²) in [5.74, 6) is -0.166. The fourth-order valence-corrected chi connectivity index (χ4v) is 6.57. The second-order valence-electron chi connectivity index (χ2n) is 12.1. The average Bonchev–Trinajstić information content (AvgIpc) is 3.60. The lowest BCUT2D eigenvalue weighted by molar-refractivity contribution is -0.139. The molecule has 11 heteroatoms. The van der Waals surface area contributed by atoms with Gasteiger partial charge in [0.1, 0.15) is 5.75 Å². The predicted molar refractivity (Wildman–Crippen MR) is 186 cm³/mol. The molecule has 2 atom stereocenters. The van der Waals surface area contributed by atoms with Gasteiger partial charge in [-0.15, -0.1) is 5.10 Å². The Balaban J connectivity index is 1.12. The predicted octanol–water partition coefficient (Wildman–Crippen LogP) is 6.57. The van der Waals surface area contributed by atoms with Gasteiger partial charge in [0, 0.05) is 48.0 Å². The molecule has 2 aliphatic heterocycles. The van der Waals surface area contributed by atoms with E-state index in [1.807, 2.05) is 79.7 Å². The Labute approximate surface area is 288 Å².